The number of hydrogen-bond acceptors (Lipinski definition) is 1. The van der Waals surface area contributed by atoms with Crippen molar-refractivity contribution < 1.29 is 22.3 Å². The molecular weight excluding hydrogens is 333 g/mol. The zero-order valence-electron chi connectivity index (χ0n) is 13.6. The Labute approximate surface area is 142 Å². The van der Waals surface area contributed by atoms with Crippen LogP contribution in [0.1, 0.15) is 16.8 Å². The van der Waals surface area contributed by atoms with Crippen LogP contribution in [0.15, 0.2) is 48.1 Å². The molecule has 3 rings (SSSR count). The van der Waals surface area contributed by atoms with E-state index < -0.39 is 11.7 Å². The third kappa shape index (κ3) is 2.94. The van der Waals surface area contributed by atoms with Gasteiger partial charge >= 0.3 is 6.18 Å². The van der Waals surface area contributed by atoms with Gasteiger partial charge in [-0.1, -0.05) is 17.4 Å². The quantitative estimate of drug-likeness (QED) is 0.614. The van der Waals surface area contributed by atoms with Gasteiger partial charge in [0.15, 0.2) is 18.1 Å². The van der Waals surface area contributed by atoms with Crippen molar-refractivity contribution in [2.24, 2.45) is 7.05 Å². The van der Waals surface area contributed by atoms with E-state index in [-0.39, 0.29) is 0 Å². The van der Waals surface area contributed by atoms with Crippen LogP contribution in [0.5, 0.6) is 0 Å². The molecule has 2 aromatic heterocycles. The Morgan fingerprint density at radius 1 is 1.04 bits per heavy atom. The Kier molecular flexibility index (Phi) is 4.17. The summed E-state index contributed by atoms with van der Waals surface area (Å²) in [5, 5.41) is 2.67. The molecule has 0 saturated carbocycles. The number of aryl methyl sites for hydroxylation is 2. The second-order valence-electron chi connectivity index (χ2n) is 5.70. The highest BCUT2D eigenvalue weighted by atomic mass is 32.1. The minimum Gasteiger partial charge on any atom is -0.191 e. The molecule has 0 radical (unpaired) electrons. The molecule has 0 saturated heterocycles. The van der Waals surface area contributed by atoms with Gasteiger partial charge in [-0.05, 0) is 13.0 Å². The summed E-state index contributed by atoms with van der Waals surface area (Å²) in [6.07, 6.45) is -0.757. The molecule has 3 aromatic rings. The van der Waals surface area contributed by atoms with Crippen LogP contribution in [0, 0.1) is 13.8 Å². The second kappa shape index (κ2) is 6.02. The lowest BCUT2D eigenvalue weighted by Crippen LogP contribution is -2.35. The summed E-state index contributed by atoms with van der Waals surface area (Å²) < 4.78 is 43.9. The first-order valence-corrected chi connectivity index (χ1v) is 8.30. The maximum Gasteiger partial charge on any atom is 0.416 e. The van der Waals surface area contributed by atoms with Crippen LogP contribution < -0.4 is 9.13 Å². The molecule has 0 aliphatic heterocycles. The number of aromatic nitrogens is 2. The molecule has 0 N–H and O–H groups in total. The third-order valence-electron chi connectivity index (χ3n) is 4.05. The van der Waals surface area contributed by atoms with Gasteiger partial charge < -0.3 is 0 Å². The molecule has 0 aliphatic rings. The average molecular weight is 350 g/mol. The van der Waals surface area contributed by atoms with Gasteiger partial charge in [0.1, 0.15) is 7.05 Å². The summed E-state index contributed by atoms with van der Waals surface area (Å²) in [6, 6.07) is 8.03. The molecule has 0 fully saturated rings. The summed E-state index contributed by atoms with van der Waals surface area (Å²) >= 11 is 1.43. The normalized spacial score (nSPS) is 11.8. The number of thiazole rings is 1. The van der Waals surface area contributed by atoms with E-state index in [1.807, 2.05) is 55.2 Å². The first kappa shape index (κ1) is 16.6. The summed E-state index contributed by atoms with van der Waals surface area (Å²) in [5.41, 5.74) is 2.21. The van der Waals surface area contributed by atoms with Gasteiger partial charge in [-0.15, -0.1) is 0 Å². The number of alkyl halides is 3. The molecule has 6 heteroatoms. The highest BCUT2D eigenvalue weighted by molar-refractivity contribution is 7.12. The first-order chi connectivity index (χ1) is 11.3. The predicted octanol–water partition coefficient (Wildman–Crippen LogP) is 4.15. The van der Waals surface area contributed by atoms with Crippen molar-refractivity contribution in [1.82, 2.24) is 0 Å². The fraction of sp³-hybridized carbons (Fsp3) is 0.222. The minimum atomic E-state index is -4.39. The zero-order chi connectivity index (χ0) is 17.5. The topological polar surface area (TPSA) is 7.76 Å². The largest absolute Gasteiger partial charge is 0.416 e. The van der Waals surface area contributed by atoms with E-state index in [0.717, 1.165) is 16.3 Å². The number of hydrogen-bond donors (Lipinski definition) is 0. The molecule has 124 valence electrons. The summed E-state index contributed by atoms with van der Waals surface area (Å²) in [5.74, 6) is 0. The maximum absolute atomic E-state index is 13.4. The van der Waals surface area contributed by atoms with Crippen molar-refractivity contribution in [2.45, 2.75) is 20.0 Å². The average Bonchev–Trinajstić information content (AvgIpc) is 2.93. The van der Waals surface area contributed by atoms with Gasteiger partial charge in [0.2, 0.25) is 5.69 Å². The SMILES string of the molecule is Cc1c(-c2scc[n+]2C)cc(C(F)(F)F)cc1-[n+]1ccccc1C. The van der Waals surface area contributed by atoms with Gasteiger partial charge in [0.25, 0.3) is 5.01 Å². The molecule has 0 unspecified atom stereocenters. The molecule has 2 heterocycles. The number of rotatable bonds is 2. The molecule has 0 bridgehead atoms. The van der Waals surface area contributed by atoms with Gasteiger partial charge in [0.05, 0.1) is 16.5 Å². The number of halogens is 3. The fourth-order valence-corrected chi connectivity index (χ4v) is 3.66. The van der Waals surface area contributed by atoms with Crippen LogP contribution in [0.2, 0.25) is 0 Å². The molecule has 0 aliphatic carbocycles. The fourth-order valence-electron chi connectivity index (χ4n) is 2.72. The molecule has 24 heavy (non-hydrogen) atoms. The van der Waals surface area contributed by atoms with Gasteiger partial charge in [-0.3, -0.25) is 0 Å². The number of nitrogens with zero attached hydrogens (tertiary/aromatic N) is 2. The monoisotopic (exact) mass is 350 g/mol. The van der Waals surface area contributed by atoms with Crippen molar-refractivity contribution in [3.8, 4) is 16.3 Å². The third-order valence-corrected chi connectivity index (χ3v) is 5.03. The van der Waals surface area contributed by atoms with Crippen molar-refractivity contribution in [3.63, 3.8) is 0 Å². The Bertz CT molecular complexity index is 898. The van der Waals surface area contributed by atoms with E-state index >= 15 is 0 Å². The van der Waals surface area contributed by atoms with Crippen LogP contribution in [0.4, 0.5) is 13.2 Å². The van der Waals surface area contributed by atoms with Gasteiger partial charge in [-0.2, -0.15) is 22.3 Å². The van der Waals surface area contributed by atoms with E-state index in [4.69, 9.17) is 0 Å². The molecule has 1 aromatic carbocycles. The smallest absolute Gasteiger partial charge is 0.191 e. The lowest BCUT2D eigenvalue weighted by atomic mass is 10.0. The predicted molar refractivity (Wildman–Crippen MR) is 86.9 cm³/mol. The van der Waals surface area contributed by atoms with Crippen LogP contribution >= 0.6 is 11.3 Å². The molecule has 0 amide bonds. The summed E-state index contributed by atoms with van der Waals surface area (Å²) in [4.78, 5) is 0. The Hall–Kier alpha value is -2.21. The first-order valence-electron chi connectivity index (χ1n) is 7.42. The Balaban J connectivity index is 2.34. The lowest BCUT2D eigenvalue weighted by Gasteiger charge is -2.12. The van der Waals surface area contributed by atoms with Crippen molar-refractivity contribution in [3.05, 3.63) is 64.9 Å². The molecule has 0 atom stereocenters. The molecular formula is C18H17F3N2S+2. The Morgan fingerprint density at radius 2 is 1.79 bits per heavy atom. The van der Waals surface area contributed by atoms with Crippen molar-refractivity contribution in [1.29, 1.82) is 0 Å². The van der Waals surface area contributed by atoms with Crippen molar-refractivity contribution >= 4 is 11.3 Å². The highest BCUT2D eigenvalue weighted by Crippen LogP contribution is 2.36. The summed E-state index contributed by atoms with van der Waals surface area (Å²) in [6.45, 7) is 3.74. The zero-order valence-corrected chi connectivity index (χ0v) is 14.4. The molecule has 2 nitrogen and oxygen atoms in total. The lowest BCUT2D eigenvalue weighted by molar-refractivity contribution is -0.656. The van der Waals surface area contributed by atoms with Crippen LogP contribution in [-0.4, -0.2) is 0 Å². The number of benzene rings is 1. The van der Waals surface area contributed by atoms with E-state index in [9.17, 15) is 13.2 Å². The van der Waals surface area contributed by atoms with Crippen LogP contribution in [0.25, 0.3) is 16.3 Å². The van der Waals surface area contributed by atoms with Crippen LogP contribution in [-0.2, 0) is 13.2 Å². The Morgan fingerprint density at radius 3 is 2.38 bits per heavy atom. The summed E-state index contributed by atoms with van der Waals surface area (Å²) in [7, 11) is 1.84. The van der Waals surface area contributed by atoms with E-state index in [0.29, 0.717) is 11.3 Å². The van der Waals surface area contributed by atoms with Gasteiger partial charge in [0, 0.05) is 30.7 Å². The van der Waals surface area contributed by atoms with E-state index in [1.54, 1.807) is 10.8 Å². The van der Waals surface area contributed by atoms with Gasteiger partial charge in [-0.25, -0.2) is 0 Å². The second-order valence-corrected chi connectivity index (χ2v) is 6.59. The standard InChI is InChI=1S/C18H17F3N2S/c1-12-6-4-5-7-23(12)16-11-14(18(19,20)21)10-15(13(16)2)17-22(3)8-9-24-17/h4-11H,1-3H3/q+2. The van der Waals surface area contributed by atoms with Crippen LogP contribution in [0.3, 0.4) is 0 Å². The van der Waals surface area contributed by atoms with E-state index in [2.05, 4.69) is 0 Å². The van der Waals surface area contributed by atoms with E-state index in [1.165, 1.54) is 23.5 Å². The minimum absolute atomic E-state index is 0.548. The number of pyridine rings is 1. The van der Waals surface area contributed by atoms with Crippen molar-refractivity contribution in [2.75, 3.05) is 0 Å². The maximum atomic E-state index is 13.4. The highest BCUT2D eigenvalue weighted by Gasteiger charge is 2.35. The molecule has 0 spiro atoms.